The van der Waals surface area contributed by atoms with Crippen LogP contribution in [0.5, 0.6) is 5.75 Å². The van der Waals surface area contributed by atoms with E-state index in [-0.39, 0.29) is 18.3 Å². The molecule has 2 rings (SSSR count). The molecule has 0 atom stereocenters. The lowest BCUT2D eigenvalue weighted by atomic mass is 9.79. The molecule has 1 fully saturated rings. The summed E-state index contributed by atoms with van der Waals surface area (Å²) >= 11 is 0. The van der Waals surface area contributed by atoms with Gasteiger partial charge in [-0.2, -0.15) is 0 Å². The summed E-state index contributed by atoms with van der Waals surface area (Å²) in [5.41, 5.74) is 5.82. The Kier molecular flexibility index (Phi) is 4.97. The molecule has 1 saturated heterocycles. The second-order valence-electron chi connectivity index (χ2n) is 6.50. The highest BCUT2D eigenvalue weighted by molar-refractivity contribution is 6.62. The number of nitrogens with two attached hydrogens (primary N) is 1. The SMILES string of the molecule is CC1(C)OB(c2cccc(OCCCCN)c2)OC1(C)C. The van der Waals surface area contributed by atoms with E-state index in [9.17, 15) is 0 Å². The average Bonchev–Trinajstić information content (AvgIpc) is 2.64. The summed E-state index contributed by atoms with van der Waals surface area (Å²) in [5.74, 6) is 0.847. The Labute approximate surface area is 128 Å². The van der Waals surface area contributed by atoms with E-state index in [2.05, 4.69) is 27.7 Å². The van der Waals surface area contributed by atoms with Crippen LogP contribution < -0.4 is 15.9 Å². The Balaban J connectivity index is 2.02. The molecule has 0 unspecified atom stereocenters. The van der Waals surface area contributed by atoms with Crippen LogP contribution in [0, 0.1) is 0 Å². The van der Waals surface area contributed by atoms with E-state index in [1.807, 2.05) is 24.3 Å². The summed E-state index contributed by atoms with van der Waals surface area (Å²) in [6.07, 6.45) is 1.95. The molecule has 0 spiro atoms. The zero-order valence-corrected chi connectivity index (χ0v) is 13.5. The zero-order valence-electron chi connectivity index (χ0n) is 13.5. The van der Waals surface area contributed by atoms with Crippen molar-refractivity contribution in [1.29, 1.82) is 0 Å². The third kappa shape index (κ3) is 3.79. The van der Waals surface area contributed by atoms with Gasteiger partial charge in [0.15, 0.2) is 0 Å². The second-order valence-corrected chi connectivity index (χ2v) is 6.50. The van der Waals surface area contributed by atoms with E-state index in [1.54, 1.807) is 0 Å². The molecule has 1 aromatic carbocycles. The first kappa shape index (κ1) is 16.3. The Bertz CT molecular complexity index is 460. The van der Waals surface area contributed by atoms with Gasteiger partial charge in [-0.25, -0.2) is 0 Å². The minimum Gasteiger partial charge on any atom is -0.494 e. The number of hydrogen-bond acceptors (Lipinski definition) is 4. The van der Waals surface area contributed by atoms with Crippen LogP contribution in [0.3, 0.4) is 0 Å². The molecule has 0 radical (unpaired) electrons. The fourth-order valence-electron chi connectivity index (χ4n) is 2.17. The van der Waals surface area contributed by atoms with Crippen LogP contribution in [0.15, 0.2) is 24.3 Å². The maximum atomic E-state index is 6.05. The lowest BCUT2D eigenvalue weighted by molar-refractivity contribution is 0.00578. The smallest absolute Gasteiger partial charge is 0.494 e. The molecule has 116 valence electrons. The monoisotopic (exact) mass is 291 g/mol. The second kappa shape index (κ2) is 6.38. The Hall–Kier alpha value is -1.04. The Morgan fingerprint density at radius 2 is 1.76 bits per heavy atom. The summed E-state index contributed by atoms with van der Waals surface area (Å²) in [4.78, 5) is 0. The number of unbranched alkanes of at least 4 members (excludes halogenated alkanes) is 1. The third-order valence-electron chi connectivity index (χ3n) is 4.25. The van der Waals surface area contributed by atoms with Crippen molar-refractivity contribution in [1.82, 2.24) is 0 Å². The molecule has 4 nitrogen and oxygen atoms in total. The molecule has 0 saturated carbocycles. The molecule has 0 amide bonds. The molecule has 0 bridgehead atoms. The number of hydrogen-bond donors (Lipinski definition) is 1. The van der Waals surface area contributed by atoms with E-state index in [0.717, 1.165) is 24.1 Å². The van der Waals surface area contributed by atoms with Crippen LogP contribution in [-0.4, -0.2) is 31.5 Å². The van der Waals surface area contributed by atoms with Gasteiger partial charge in [0.25, 0.3) is 0 Å². The third-order valence-corrected chi connectivity index (χ3v) is 4.25. The van der Waals surface area contributed by atoms with Crippen molar-refractivity contribution in [2.24, 2.45) is 5.73 Å². The van der Waals surface area contributed by atoms with Crippen molar-refractivity contribution >= 4 is 12.6 Å². The van der Waals surface area contributed by atoms with Crippen molar-refractivity contribution in [2.75, 3.05) is 13.2 Å². The quantitative estimate of drug-likeness (QED) is 0.644. The van der Waals surface area contributed by atoms with Crippen molar-refractivity contribution in [3.05, 3.63) is 24.3 Å². The lowest BCUT2D eigenvalue weighted by Gasteiger charge is -2.32. The van der Waals surface area contributed by atoms with E-state index >= 15 is 0 Å². The first-order valence-corrected chi connectivity index (χ1v) is 7.64. The molecule has 1 heterocycles. The molecule has 2 N–H and O–H groups in total. The van der Waals surface area contributed by atoms with Crippen LogP contribution in [0.2, 0.25) is 0 Å². The lowest BCUT2D eigenvalue weighted by Crippen LogP contribution is -2.41. The zero-order chi connectivity index (χ0) is 15.5. The van der Waals surface area contributed by atoms with Crippen molar-refractivity contribution in [3.63, 3.8) is 0 Å². The molecule has 1 aromatic rings. The molecular formula is C16H26BNO3. The van der Waals surface area contributed by atoms with Gasteiger partial charge in [0.2, 0.25) is 0 Å². The standard InChI is InChI=1S/C16H26BNO3/c1-15(2)16(3,4)21-17(20-15)13-8-7-9-14(12-13)19-11-6-5-10-18/h7-9,12H,5-6,10-11,18H2,1-4H3. The summed E-state index contributed by atoms with van der Waals surface area (Å²) in [5, 5.41) is 0. The highest BCUT2D eigenvalue weighted by Gasteiger charge is 2.51. The van der Waals surface area contributed by atoms with Gasteiger partial charge in [0.05, 0.1) is 17.8 Å². The van der Waals surface area contributed by atoms with Gasteiger partial charge in [-0.05, 0) is 64.7 Å². The Morgan fingerprint density at radius 1 is 1.10 bits per heavy atom. The number of rotatable bonds is 6. The summed E-state index contributed by atoms with van der Waals surface area (Å²) < 4.78 is 17.9. The van der Waals surface area contributed by atoms with Crippen LogP contribution in [0.1, 0.15) is 40.5 Å². The maximum absolute atomic E-state index is 6.05. The topological polar surface area (TPSA) is 53.7 Å². The van der Waals surface area contributed by atoms with Crippen LogP contribution >= 0.6 is 0 Å². The van der Waals surface area contributed by atoms with Crippen molar-refractivity contribution in [2.45, 2.75) is 51.7 Å². The summed E-state index contributed by atoms with van der Waals surface area (Å²) in [6, 6.07) is 7.93. The fourth-order valence-corrected chi connectivity index (χ4v) is 2.17. The molecule has 0 aromatic heterocycles. The van der Waals surface area contributed by atoms with E-state index in [4.69, 9.17) is 19.8 Å². The molecule has 1 aliphatic heterocycles. The van der Waals surface area contributed by atoms with Crippen LogP contribution in [0.25, 0.3) is 0 Å². The predicted octanol–water partition coefficient (Wildman–Crippen LogP) is 2.10. The Morgan fingerprint density at radius 3 is 2.38 bits per heavy atom. The predicted molar refractivity (Wildman–Crippen MR) is 85.9 cm³/mol. The van der Waals surface area contributed by atoms with Gasteiger partial charge < -0.3 is 19.8 Å². The summed E-state index contributed by atoms with van der Waals surface area (Å²) in [6.45, 7) is 9.61. The fraction of sp³-hybridized carbons (Fsp3) is 0.625. The van der Waals surface area contributed by atoms with Crippen LogP contribution in [0.4, 0.5) is 0 Å². The van der Waals surface area contributed by atoms with E-state index in [0.29, 0.717) is 13.2 Å². The van der Waals surface area contributed by atoms with Gasteiger partial charge in [-0.1, -0.05) is 12.1 Å². The largest absolute Gasteiger partial charge is 0.494 e. The van der Waals surface area contributed by atoms with Gasteiger partial charge in [0.1, 0.15) is 5.75 Å². The highest BCUT2D eigenvalue weighted by atomic mass is 16.7. The van der Waals surface area contributed by atoms with E-state index in [1.165, 1.54) is 0 Å². The molecular weight excluding hydrogens is 265 g/mol. The number of ether oxygens (including phenoxy) is 1. The normalized spacial score (nSPS) is 19.8. The minimum atomic E-state index is -0.345. The van der Waals surface area contributed by atoms with Gasteiger partial charge in [-0.15, -0.1) is 0 Å². The van der Waals surface area contributed by atoms with Gasteiger partial charge >= 0.3 is 7.12 Å². The molecule has 5 heteroatoms. The molecule has 0 aliphatic carbocycles. The molecule has 1 aliphatic rings. The van der Waals surface area contributed by atoms with Gasteiger partial charge in [0, 0.05) is 0 Å². The number of benzene rings is 1. The summed E-state index contributed by atoms with van der Waals surface area (Å²) in [7, 11) is -0.345. The minimum absolute atomic E-state index is 0.324. The van der Waals surface area contributed by atoms with Gasteiger partial charge in [-0.3, -0.25) is 0 Å². The first-order valence-electron chi connectivity index (χ1n) is 7.64. The van der Waals surface area contributed by atoms with Crippen molar-refractivity contribution < 1.29 is 14.0 Å². The highest BCUT2D eigenvalue weighted by Crippen LogP contribution is 2.36. The average molecular weight is 291 g/mol. The molecule has 21 heavy (non-hydrogen) atoms. The first-order chi connectivity index (χ1) is 9.86. The van der Waals surface area contributed by atoms with Crippen molar-refractivity contribution in [3.8, 4) is 5.75 Å². The maximum Gasteiger partial charge on any atom is 0.494 e. The van der Waals surface area contributed by atoms with Crippen LogP contribution in [-0.2, 0) is 9.31 Å². The van der Waals surface area contributed by atoms with E-state index < -0.39 is 0 Å².